The molecule has 0 saturated heterocycles. The molecule has 3 heteroatoms. The van der Waals surface area contributed by atoms with E-state index in [-0.39, 0.29) is 10.8 Å². The smallest absolute Gasteiger partial charge is 0.119 e. The Kier molecular flexibility index (Phi) is 4.57. The lowest BCUT2D eigenvalue weighted by Crippen LogP contribution is -2.32. The van der Waals surface area contributed by atoms with Crippen LogP contribution in [0.2, 0.25) is 0 Å². The summed E-state index contributed by atoms with van der Waals surface area (Å²) in [4.78, 5) is 5.16. The Hall–Kier alpha value is -2.55. The van der Waals surface area contributed by atoms with E-state index in [2.05, 4.69) is 39.0 Å². The van der Waals surface area contributed by atoms with E-state index in [0.29, 0.717) is 5.92 Å². The average molecular weight is 376 g/mol. The highest BCUT2D eigenvalue weighted by atomic mass is 16.5. The lowest BCUT2D eigenvalue weighted by Gasteiger charge is -2.34. The molecule has 3 nitrogen and oxygen atoms in total. The third-order valence-corrected chi connectivity index (χ3v) is 7.15. The third-order valence-electron chi connectivity index (χ3n) is 7.15. The number of methoxy groups -OCH3 is 2. The summed E-state index contributed by atoms with van der Waals surface area (Å²) in [6, 6.07) is 16.3. The minimum Gasteiger partial charge on any atom is -0.497 e. The summed E-state index contributed by atoms with van der Waals surface area (Å²) >= 11 is 0. The number of rotatable bonds is 4. The number of benzene rings is 2. The van der Waals surface area contributed by atoms with E-state index in [9.17, 15) is 0 Å². The zero-order valence-corrected chi connectivity index (χ0v) is 17.5. The van der Waals surface area contributed by atoms with E-state index in [1.165, 1.54) is 29.7 Å². The molecule has 2 atom stereocenters. The minimum atomic E-state index is 0.0932. The first kappa shape index (κ1) is 18.8. The van der Waals surface area contributed by atoms with Gasteiger partial charge in [0.2, 0.25) is 0 Å². The van der Waals surface area contributed by atoms with Crippen molar-refractivity contribution in [1.82, 2.24) is 0 Å². The lowest BCUT2D eigenvalue weighted by molar-refractivity contribution is 0.203. The highest BCUT2D eigenvalue weighted by Gasteiger charge is 2.62. The maximum atomic E-state index is 5.30. The number of hydrogen-bond donors (Lipinski definition) is 0. The quantitative estimate of drug-likeness (QED) is 0.626. The fraction of sp³-hybridized carbons (Fsp3) is 0.400. The van der Waals surface area contributed by atoms with E-state index in [0.717, 1.165) is 17.2 Å². The summed E-state index contributed by atoms with van der Waals surface area (Å²) in [5.74, 6) is 2.28. The Labute approximate surface area is 168 Å². The molecule has 0 spiro atoms. The first-order valence-electron chi connectivity index (χ1n) is 9.98. The van der Waals surface area contributed by atoms with Gasteiger partial charge >= 0.3 is 0 Å². The first-order chi connectivity index (χ1) is 13.4. The average Bonchev–Trinajstić information content (AvgIpc) is 3.02. The van der Waals surface area contributed by atoms with Crippen molar-refractivity contribution in [2.24, 2.45) is 21.7 Å². The van der Waals surface area contributed by atoms with E-state index in [4.69, 9.17) is 14.5 Å². The zero-order chi connectivity index (χ0) is 19.9. The molecular formula is C25H29NO2. The van der Waals surface area contributed by atoms with Gasteiger partial charge in [-0.15, -0.1) is 0 Å². The predicted octanol–water partition coefficient (Wildman–Crippen LogP) is 6.32. The molecule has 28 heavy (non-hydrogen) atoms. The van der Waals surface area contributed by atoms with Crippen molar-refractivity contribution in [3.63, 3.8) is 0 Å². The zero-order valence-electron chi connectivity index (χ0n) is 17.5. The Bertz CT molecular complexity index is 922. The molecule has 2 aromatic rings. The molecule has 2 aromatic carbocycles. The number of ether oxygens (including phenoxy) is 2. The van der Waals surface area contributed by atoms with Crippen LogP contribution in [0.3, 0.4) is 0 Å². The number of fused-ring (bicyclic) bond motifs is 2. The van der Waals surface area contributed by atoms with Crippen LogP contribution in [0.4, 0.5) is 5.69 Å². The molecule has 146 valence electrons. The lowest BCUT2D eigenvalue weighted by atomic mass is 9.70. The summed E-state index contributed by atoms with van der Waals surface area (Å²) in [5.41, 5.74) is 5.12. The van der Waals surface area contributed by atoms with Crippen LogP contribution in [-0.4, -0.2) is 19.9 Å². The number of allylic oxidation sites excluding steroid dienone is 1. The highest BCUT2D eigenvalue weighted by Crippen LogP contribution is 2.66. The largest absolute Gasteiger partial charge is 0.497 e. The topological polar surface area (TPSA) is 30.8 Å². The van der Waals surface area contributed by atoms with Gasteiger partial charge in [0.1, 0.15) is 11.5 Å². The van der Waals surface area contributed by atoms with Crippen molar-refractivity contribution in [2.75, 3.05) is 14.2 Å². The fourth-order valence-electron chi connectivity index (χ4n) is 4.97. The van der Waals surface area contributed by atoms with E-state index in [1.54, 1.807) is 14.2 Å². The molecule has 2 bridgehead atoms. The van der Waals surface area contributed by atoms with Gasteiger partial charge in [0, 0.05) is 5.41 Å². The maximum absolute atomic E-state index is 5.30. The van der Waals surface area contributed by atoms with Crippen molar-refractivity contribution in [3.8, 4) is 11.5 Å². The van der Waals surface area contributed by atoms with E-state index < -0.39 is 0 Å². The fourth-order valence-corrected chi connectivity index (χ4v) is 4.97. The predicted molar refractivity (Wildman–Crippen MR) is 116 cm³/mol. The molecular weight excluding hydrogens is 346 g/mol. The van der Waals surface area contributed by atoms with E-state index >= 15 is 0 Å². The van der Waals surface area contributed by atoms with Gasteiger partial charge in [-0.3, -0.25) is 4.99 Å². The molecule has 0 amide bonds. The van der Waals surface area contributed by atoms with Gasteiger partial charge in [0.15, 0.2) is 0 Å². The van der Waals surface area contributed by atoms with Crippen LogP contribution in [-0.2, 0) is 0 Å². The van der Waals surface area contributed by atoms with Crippen molar-refractivity contribution >= 4 is 17.5 Å². The molecule has 2 aliphatic rings. The second kappa shape index (κ2) is 6.80. The molecule has 0 radical (unpaired) electrons. The van der Waals surface area contributed by atoms with Crippen LogP contribution in [0.25, 0.3) is 6.08 Å². The molecule has 0 aromatic heterocycles. The molecule has 4 rings (SSSR count). The Morgan fingerprint density at radius 2 is 1.46 bits per heavy atom. The van der Waals surface area contributed by atoms with Gasteiger partial charge in [-0.25, -0.2) is 0 Å². The summed E-state index contributed by atoms with van der Waals surface area (Å²) < 4.78 is 10.6. The molecule has 0 unspecified atom stereocenters. The van der Waals surface area contributed by atoms with Crippen LogP contribution in [0, 0.1) is 16.7 Å². The van der Waals surface area contributed by atoms with Crippen LogP contribution in [0.15, 0.2) is 59.1 Å². The van der Waals surface area contributed by atoms with Crippen molar-refractivity contribution in [3.05, 3.63) is 59.7 Å². The number of nitrogens with zero attached hydrogens (tertiary/aromatic N) is 1. The summed E-state index contributed by atoms with van der Waals surface area (Å²) in [7, 11) is 3.39. The van der Waals surface area contributed by atoms with Crippen LogP contribution in [0.1, 0.15) is 39.2 Å². The normalized spacial score (nSPS) is 28.1. The molecule has 0 heterocycles. The van der Waals surface area contributed by atoms with Gasteiger partial charge in [0.05, 0.1) is 25.6 Å². The van der Waals surface area contributed by atoms with Crippen LogP contribution >= 0.6 is 0 Å². The highest BCUT2D eigenvalue weighted by molar-refractivity contribution is 6.12. The van der Waals surface area contributed by atoms with Gasteiger partial charge < -0.3 is 9.47 Å². The molecule has 2 saturated carbocycles. The Morgan fingerprint density at radius 1 is 0.893 bits per heavy atom. The number of hydrogen-bond acceptors (Lipinski definition) is 3. The molecule has 2 aliphatic carbocycles. The third kappa shape index (κ3) is 2.85. The second-order valence-electron chi connectivity index (χ2n) is 8.68. The Morgan fingerprint density at radius 3 is 2.04 bits per heavy atom. The molecule has 0 N–H and O–H groups in total. The van der Waals surface area contributed by atoms with Crippen molar-refractivity contribution < 1.29 is 9.47 Å². The summed E-state index contributed by atoms with van der Waals surface area (Å²) in [5, 5.41) is 0. The van der Waals surface area contributed by atoms with Crippen LogP contribution in [0.5, 0.6) is 11.5 Å². The first-order valence-corrected chi connectivity index (χ1v) is 9.98. The van der Waals surface area contributed by atoms with Gasteiger partial charge in [-0.1, -0.05) is 32.9 Å². The second-order valence-corrected chi connectivity index (χ2v) is 8.68. The minimum absolute atomic E-state index is 0.0932. The van der Waals surface area contributed by atoms with Gasteiger partial charge in [-0.2, -0.15) is 0 Å². The van der Waals surface area contributed by atoms with Gasteiger partial charge in [0.25, 0.3) is 0 Å². The van der Waals surface area contributed by atoms with Crippen molar-refractivity contribution in [1.29, 1.82) is 0 Å². The SMILES string of the molecule is COc1ccc(C=C2C(=Nc3ccc(OC)cc3)[C@]3(C)CC[C@H]2C3(C)C)cc1. The van der Waals surface area contributed by atoms with Crippen LogP contribution < -0.4 is 9.47 Å². The number of aliphatic imine (C=N–C) groups is 1. The monoisotopic (exact) mass is 375 g/mol. The summed E-state index contributed by atoms with van der Waals surface area (Å²) in [6.07, 6.45) is 4.76. The molecule has 2 fully saturated rings. The van der Waals surface area contributed by atoms with E-state index in [1.807, 2.05) is 36.4 Å². The van der Waals surface area contributed by atoms with Gasteiger partial charge in [-0.05, 0) is 77.8 Å². The summed E-state index contributed by atoms with van der Waals surface area (Å²) in [6.45, 7) is 7.20. The maximum Gasteiger partial charge on any atom is 0.119 e. The molecule has 0 aliphatic heterocycles. The Balaban J connectivity index is 1.80. The standard InChI is InChI=1S/C25H29NO2/c1-24(2)22-14-15-25(24,3)23(26-18-8-12-20(28-5)13-9-18)21(22)16-17-6-10-19(27-4)11-7-17/h6-13,16,22H,14-15H2,1-5H3/t22-,25+/m1/s1. The van der Waals surface area contributed by atoms with Crippen molar-refractivity contribution in [2.45, 2.75) is 33.6 Å².